The second kappa shape index (κ2) is 10.2. The van der Waals surface area contributed by atoms with Crippen molar-refractivity contribution in [2.24, 2.45) is 0 Å². The Kier molecular flexibility index (Phi) is 6.62. The van der Waals surface area contributed by atoms with Crippen molar-refractivity contribution < 1.29 is 18.7 Å². The van der Waals surface area contributed by atoms with Gasteiger partial charge in [0.05, 0.1) is 19.2 Å². The van der Waals surface area contributed by atoms with E-state index in [1.54, 1.807) is 30.6 Å². The van der Waals surface area contributed by atoms with Crippen LogP contribution in [0.1, 0.15) is 32.7 Å². The van der Waals surface area contributed by atoms with Crippen LogP contribution in [0.2, 0.25) is 0 Å². The van der Waals surface area contributed by atoms with Crippen LogP contribution in [0.15, 0.2) is 73.1 Å². The molecule has 0 fully saturated rings. The molecule has 1 aliphatic heterocycles. The number of aromatic nitrogens is 2. The van der Waals surface area contributed by atoms with Gasteiger partial charge in [0.15, 0.2) is 0 Å². The van der Waals surface area contributed by atoms with Crippen LogP contribution in [0.5, 0.6) is 5.75 Å². The molecule has 2 heterocycles. The van der Waals surface area contributed by atoms with Crippen molar-refractivity contribution in [3.8, 4) is 16.9 Å². The summed E-state index contributed by atoms with van der Waals surface area (Å²) in [4.78, 5) is 23.1. The number of fused-ring (bicyclic) bond motifs is 1. The van der Waals surface area contributed by atoms with Gasteiger partial charge in [-0.2, -0.15) is 0 Å². The van der Waals surface area contributed by atoms with Crippen molar-refractivity contribution in [2.45, 2.75) is 19.9 Å². The number of carbonyl (C=O) groups is 1. The Bertz CT molecular complexity index is 1390. The van der Waals surface area contributed by atoms with E-state index < -0.39 is 0 Å². The number of anilines is 1. The molecular weight excluding hydrogens is 457 g/mol. The molecule has 1 aromatic heterocycles. The van der Waals surface area contributed by atoms with Crippen molar-refractivity contribution in [2.75, 3.05) is 25.2 Å². The minimum Gasteiger partial charge on any atom is -0.491 e. The lowest BCUT2D eigenvalue weighted by atomic mass is 10.0. The highest BCUT2D eigenvalue weighted by Gasteiger charge is 2.21. The third-order valence-corrected chi connectivity index (χ3v) is 6.41. The van der Waals surface area contributed by atoms with Gasteiger partial charge in [-0.3, -0.25) is 0 Å². The minimum absolute atomic E-state index is 0.253. The molecule has 0 N–H and O–H groups in total. The predicted molar refractivity (Wildman–Crippen MR) is 136 cm³/mol. The summed E-state index contributed by atoms with van der Waals surface area (Å²) in [5, 5.41) is 0. The van der Waals surface area contributed by atoms with Crippen molar-refractivity contribution in [3.05, 3.63) is 107 Å². The van der Waals surface area contributed by atoms with Crippen LogP contribution < -0.4 is 9.64 Å². The first-order chi connectivity index (χ1) is 17.5. The number of methoxy groups -OCH3 is 1. The van der Waals surface area contributed by atoms with Gasteiger partial charge in [-0.25, -0.2) is 19.2 Å². The van der Waals surface area contributed by atoms with Gasteiger partial charge in [-0.05, 0) is 60.0 Å². The summed E-state index contributed by atoms with van der Waals surface area (Å²) in [5.41, 5.74) is 6.50. The lowest BCUT2D eigenvalue weighted by Gasteiger charge is -2.24. The van der Waals surface area contributed by atoms with E-state index in [0.29, 0.717) is 31.7 Å². The largest absolute Gasteiger partial charge is 0.491 e. The Morgan fingerprint density at radius 3 is 2.53 bits per heavy atom. The number of aryl methyl sites for hydroxylation is 1. The van der Waals surface area contributed by atoms with Gasteiger partial charge in [0.25, 0.3) is 0 Å². The van der Waals surface area contributed by atoms with E-state index in [9.17, 15) is 9.18 Å². The van der Waals surface area contributed by atoms with Gasteiger partial charge < -0.3 is 14.4 Å². The first kappa shape index (κ1) is 23.5. The number of carbonyl (C=O) groups excluding carboxylic acids is 1. The molecule has 5 rings (SSSR count). The fourth-order valence-electron chi connectivity index (χ4n) is 4.44. The highest BCUT2D eigenvalue weighted by atomic mass is 19.1. The molecule has 0 unspecified atom stereocenters. The van der Waals surface area contributed by atoms with E-state index in [-0.39, 0.29) is 11.8 Å². The lowest BCUT2D eigenvalue weighted by molar-refractivity contribution is 0.0600. The maximum atomic E-state index is 13.4. The zero-order chi connectivity index (χ0) is 25.1. The van der Waals surface area contributed by atoms with Gasteiger partial charge in [0.1, 0.15) is 30.3 Å². The van der Waals surface area contributed by atoms with Gasteiger partial charge in [0.2, 0.25) is 0 Å². The first-order valence-electron chi connectivity index (χ1n) is 11.8. The molecule has 0 saturated heterocycles. The standard InChI is InChI=1S/C29H26FN3O3/c1-19-26(15-20-3-10-25(30)11-4-20)28(32-18-31-19)33-13-14-36-27-12-9-23(16-24(27)17-33)21-5-7-22(8-6-21)29(34)35-2/h3-12,16,18H,13-15,17H2,1-2H3. The summed E-state index contributed by atoms with van der Waals surface area (Å²) in [6, 6.07) is 20.0. The molecule has 182 valence electrons. The Balaban J connectivity index is 1.45. The number of ether oxygens (including phenoxy) is 2. The number of halogens is 1. The second-order valence-corrected chi connectivity index (χ2v) is 8.73. The molecule has 0 radical (unpaired) electrons. The SMILES string of the molecule is COC(=O)c1ccc(-c2ccc3c(c2)CN(c2ncnc(C)c2Cc2ccc(F)cc2)CCO3)cc1. The number of nitrogens with zero attached hydrogens (tertiary/aromatic N) is 3. The molecule has 3 aromatic carbocycles. The summed E-state index contributed by atoms with van der Waals surface area (Å²) in [6.45, 7) is 3.79. The molecule has 0 bridgehead atoms. The summed E-state index contributed by atoms with van der Waals surface area (Å²) < 4.78 is 24.3. The van der Waals surface area contributed by atoms with Crippen molar-refractivity contribution in [1.82, 2.24) is 9.97 Å². The van der Waals surface area contributed by atoms with E-state index in [2.05, 4.69) is 20.9 Å². The summed E-state index contributed by atoms with van der Waals surface area (Å²) >= 11 is 0. The van der Waals surface area contributed by atoms with Crippen molar-refractivity contribution in [1.29, 1.82) is 0 Å². The maximum absolute atomic E-state index is 13.4. The average Bonchev–Trinajstić information content (AvgIpc) is 3.12. The van der Waals surface area contributed by atoms with Gasteiger partial charge in [-0.1, -0.05) is 30.3 Å². The number of hydrogen-bond donors (Lipinski definition) is 0. The molecule has 36 heavy (non-hydrogen) atoms. The van der Waals surface area contributed by atoms with Crippen molar-refractivity contribution in [3.63, 3.8) is 0 Å². The first-order valence-corrected chi connectivity index (χ1v) is 11.8. The smallest absolute Gasteiger partial charge is 0.337 e. The second-order valence-electron chi connectivity index (χ2n) is 8.73. The molecule has 0 saturated carbocycles. The Hall–Kier alpha value is -4.26. The fraction of sp³-hybridized carbons (Fsp3) is 0.207. The molecule has 0 spiro atoms. The zero-order valence-corrected chi connectivity index (χ0v) is 20.2. The molecule has 0 amide bonds. The third-order valence-electron chi connectivity index (χ3n) is 6.41. The van der Waals surface area contributed by atoms with Gasteiger partial charge in [0, 0.05) is 29.8 Å². The summed E-state index contributed by atoms with van der Waals surface area (Å²) in [5.74, 6) is 1.09. The quantitative estimate of drug-likeness (QED) is 0.356. The molecule has 1 aliphatic rings. The molecule has 6 nitrogen and oxygen atoms in total. The van der Waals surface area contributed by atoms with Crippen LogP contribution in [-0.4, -0.2) is 36.2 Å². The van der Waals surface area contributed by atoms with Crippen molar-refractivity contribution >= 4 is 11.8 Å². The lowest BCUT2D eigenvalue weighted by Crippen LogP contribution is -2.28. The van der Waals surface area contributed by atoms with Crippen LogP contribution in [0.3, 0.4) is 0 Å². The highest BCUT2D eigenvalue weighted by Crippen LogP contribution is 2.32. The average molecular weight is 484 g/mol. The Morgan fingerprint density at radius 1 is 1.03 bits per heavy atom. The monoisotopic (exact) mass is 483 g/mol. The van der Waals surface area contributed by atoms with E-state index in [4.69, 9.17) is 9.47 Å². The number of benzene rings is 3. The van der Waals surface area contributed by atoms with E-state index >= 15 is 0 Å². The molecule has 7 heteroatoms. The maximum Gasteiger partial charge on any atom is 0.337 e. The molecular formula is C29H26FN3O3. The van der Waals surface area contributed by atoms with Crippen LogP contribution in [0.25, 0.3) is 11.1 Å². The van der Waals surface area contributed by atoms with Crippen LogP contribution in [0, 0.1) is 12.7 Å². The van der Waals surface area contributed by atoms with E-state index in [0.717, 1.165) is 45.1 Å². The van der Waals surface area contributed by atoms with E-state index in [1.807, 2.05) is 31.2 Å². The zero-order valence-electron chi connectivity index (χ0n) is 20.2. The van der Waals surface area contributed by atoms with Crippen LogP contribution >= 0.6 is 0 Å². The topological polar surface area (TPSA) is 64.5 Å². The number of esters is 1. The normalized spacial score (nSPS) is 12.9. The van der Waals surface area contributed by atoms with Crippen LogP contribution in [-0.2, 0) is 17.7 Å². The van der Waals surface area contributed by atoms with Gasteiger partial charge in [-0.15, -0.1) is 0 Å². The summed E-state index contributed by atoms with van der Waals surface area (Å²) in [7, 11) is 1.37. The number of hydrogen-bond acceptors (Lipinski definition) is 6. The summed E-state index contributed by atoms with van der Waals surface area (Å²) in [6.07, 6.45) is 2.20. The number of rotatable bonds is 5. The molecule has 0 aliphatic carbocycles. The Morgan fingerprint density at radius 2 is 1.78 bits per heavy atom. The Labute approximate surface area is 209 Å². The van der Waals surface area contributed by atoms with Crippen LogP contribution in [0.4, 0.5) is 10.2 Å². The fourth-order valence-corrected chi connectivity index (χ4v) is 4.44. The van der Waals surface area contributed by atoms with E-state index in [1.165, 1.54) is 19.2 Å². The molecule has 0 atom stereocenters. The van der Waals surface area contributed by atoms with Gasteiger partial charge >= 0.3 is 5.97 Å². The predicted octanol–water partition coefficient (Wildman–Crippen LogP) is 5.37. The highest BCUT2D eigenvalue weighted by molar-refractivity contribution is 5.90. The third kappa shape index (κ3) is 4.91. The minimum atomic E-state index is -0.357. The molecule has 4 aromatic rings.